The molecule has 1 N–H and O–H groups in total. The van der Waals surface area contributed by atoms with Crippen LogP contribution < -0.4 is 15.1 Å². The highest BCUT2D eigenvalue weighted by atomic mass is 16.2. The Balaban J connectivity index is 1.72. The van der Waals surface area contributed by atoms with Crippen LogP contribution in [0, 0.1) is 0 Å². The molecule has 0 bridgehead atoms. The van der Waals surface area contributed by atoms with Crippen molar-refractivity contribution in [3.05, 3.63) is 41.7 Å². The van der Waals surface area contributed by atoms with Gasteiger partial charge in [0.1, 0.15) is 29.5 Å². The Kier molecular flexibility index (Phi) is 5.11. The van der Waals surface area contributed by atoms with E-state index in [0.717, 1.165) is 17.9 Å². The predicted octanol–water partition coefficient (Wildman–Crippen LogP) is 2.97. The lowest BCUT2D eigenvalue weighted by Crippen LogP contribution is -2.24. The maximum Gasteiger partial charge on any atom is 0.260 e. The van der Waals surface area contributed by atoms with Crippen LogP contribution in [-0.4, -0.2) is 51.3 Å². The smallest absolute Gasteiger partial charge is 0.260 e. The molecule has 1 aliphatic heterocycles. The molecule has 0 radical (unpaired) electrons. The van der Waals surface area contributed by atoms with E-state index in [1.807, 2.05) is 54.8 Å². The van der Waals surface area contributed by atoms with Crippen molar-refractivity contribution >= 4 is 23.4 Å². The molecule has 1 aliphatic rings. The van der Waals surface area contributed by atoms with Gasteiger partial charge in [-0.3, -0.25) is 9.69 Å². The van der Waals surface area contributed by atoms with Crippen LogP contribution >= 0.6 is 0 Å². The second kappa shape index (κ2) is 7.74. The lowest BCUT2D eigenvalue weighted by Gasteiger charge is -2.17. The van der Waals surface area contributed by atoms with Crippen LogP contribution in [0.15, 0.2) is 30.6 Å². The number of pyridine rings is 2. The molecule has 0 unspecified atom stereocenters. The Labute approximate surface area is 175 Å². The molecule has 4 rings (SSSR count). The summed E-state index contributed by atoms with van der Waals surface area (Å²) in [6.07, 6.45) is 1.70. The van der Waals surface area contributed by atoms with Gasteiger partial charge in [0.15, 0.2) is 5.82 Å². The Morgan fingerprint density at radius 3 is 2.77 bits per heavy atom. The predicted molar refractivity (Wildman–Crippen MR) is 117 cm³/mol. The minimum absolute atomic E-state index is 0.0790. The molecule has 4 heterocycles. The van der Waals surface area contributed by atoms with E-state index in [-0.39, 0.29) is 11.9 Å². The van der Waals surface area contributed by atoms with Gasteiger partial charge >= 0.3 is 0 Å². The maximum absolute atomic E-state index is 13.3. The third-order valence-corrected chi connectivity index (χ3v) is 5.37. The van der Waals surface area contributed by atoms with Crippen LogP contribution in [0.3, 0.4) is 0 Å². The number of anilines is 3. The van der Waals surface area contributed by atoms with Gasteiger partial charge in [-0.25, -0.2) is 9.97 Å². The van der Waals surface area contributed by atoms with Gasteiger partial charge < -0.3 is 14.8 Å². The Morgan fingerprint density at radius 1 is 1.27 bits per heavy atom. The summed E-state index contributed by atoms with van der Waals surface area (Å²) in [7, 11) is 3.78. The molecule has 0 aromatic carbocycles. The van der Waals surface area contributed by atoms with Gasteiger partial charge in [-0.05, 0) is 39.0 Å². The highest BCUT2D eigenvalue weighted by molar-refractivity contribution is 6.11. The average molecular weight is 406 g/mol. The third-order valence-electron chi connectivity index (χ3n) is 5.37. The van der Waals surface area contributed by atoms with E-state index >= 15 is 0 Å². The Morgan fingerprint density at radius 2 is 2.07 bits per heavy atom. The standard InChI is InChI=1S/C21H26N8O/c1-6-27(5)18-10-14-15(19(22-4)25-18)11-28(21(14)30)17-9-7-8-16(24-17)20-26-23-12-29(20)13(2)3/h7-10,12-13H,6,11H2,1-5H3,(H,22,25). The first-order valence-electron chi connectivity index (χ1n) is 10.1. The first-order chi connectivity index (χ1) is 14.4. The largest absolute Gasteiger partial charge is 0.373 e. The molecule has 156 valence electrons. The topological polar surface area (TPSA) is 92.1 Å². The zero-order chi connectivity index (χ0) is 21.4. The molecule has 0 spiro atoms. The van der Waals surface area contributed by atoms with E-state index < -0.39 is 0 Å². The van der Waals surface area contributed by atoms with E-state index in [0.29, 0.717) is 35.3 Å². The lowest BCUT2D eigenvalue weighted by atomic mass is 10.1. The number of carbonyl (C=O) groups excluding carboxylic acids is 1. The van der Waals surface area contributed by atoms with Gasteiger partial charge in [0.2, 0.25) is 0 Å². The maximum atomic E-state index is 13.3. The first kappa shape index (κ1) is 19.8. The number of amides is 1. The number of nitrogens with one attached hydrogen (secondary N) is 1. The molecule has 1 amide bonds. The third kappa shape index (κ3) is 3.26. The number of rotatable bonds is 6. The summed E-state index contributed by atoms with van der Waals surface area (Å²) in [5, 5.41) is 11.4. The quantitative estimate of drug-likeness (QED) is 0.673. The Bertz CT molecular complexity index is 1090. The van der Waals surface area contributed by atoms with E-state index in [1.54, 1.807) is 11.2 Å². The van der Waals surface area contributed by atoms with Gasteiger partial charge in [0.05, 0.1) is 12.1 Å². The SMILES string of the molecule is CCN(C)c1cc2c(c(NC)n1)CN(c1cccc(-c3nncn3C(C)C)n1)C2=O. The van der Waals surface area contributed by atoms with Crippen molar-refractivity contribution in [1.82, 2.24) is 24.7 Å². The molecule has 0 saturated carbocycles. The highest BCUT2D eigenvalue weighted by Crippen LogP contribution is 2.34. The van der Waals surface area contributed by atoms with Crippen LogP contribution in [0.2, 0.25) is 0 Å². The number of hydrogen-bond donors (Lipinski definition) is 1. The number of aromatic nitrogens is 5. The van der Waals surface area contributed by atoms with Crippen LogP contribution in [0.25, 0.3) is 11.5 Å². The Hall–Kier alpha value is -3.49. The molecule has 0 saturated heterocycles. The van der Waals surface area contributed by atoms with Gasteiger partial charge in [0.25, 0.3) is 5.91 Å². The normalized spacial score (nSPS) is 13.1. The summed E-state index contributed by atoms with van der Waals surface area (Å²) in [4.78, 5) is 26.4. The number of fused-ring (bicyclic) bond motifs is 1. The van der Waals surface area contributed by atoms with Crippen molar-refractivity contribution in [2.75, 3.05) is 35.8 Å². The highest BCUT2D eigenvalue weighted by Gasteiger charge is 2.33. The van der Waals surface area contributed by atoms with Crippen LogP contribution in [0.1, 0.15) is 42.7 Å². The van der Waals surface area contributed by atoms with Crippen molar-refractivity contribution in [2.24, 2.45) is 0 Å². The molecule has 0 aliphatic carbocycles. The monoisotopic (exact) mass is 406 g/mol. The molecule has 30 heavy (non-hydrogen) atoms. The van der Waals surface area contributed by atoms with E-state index in [9.17, 15) is 4.79 Å². The zero-order valence-electron chi connectivity index (χ0n) is 17.9. The number of nitrogens with zero attached hydrogens (tertiary/aromatic N) is 7. The molecule has 9 nitrogen and oxygen atoms in total. The summed E-state index contributed by atoms with van der Waals surface area (Å²) in [6.45, 7) is 7.39. The lowest BCUT2D eigenvalue weighted by molar-refractivity contribution is 0.0996. The van der Waals surface area contributed by atoms with Crippen molar-refractivity contribution in [1.29, 1.82) is 0 Å². The fourth-order valence-corrected chi connectivity index (χ4v) is 3.54. The second-order valence-corrected chi connectivity index (χ2v) is 7.55. The molecule has 3 aromatic rings. The summed E-state index contributed by atoms with van der Waals surface area (Å²) in [5.74, 6) is 2.67. The van der Waals surface area contributed by atoms with E-state index in [2.05, 4.69) is 34.3 Å². The van der Waals surface area contributed by atoms with Gasteiger partial charge in [-0.2, -0.15) is 0 Å². The minimum atomic E-state index is -0.0790. The van der Waals surface area contributed by atoms with Gasteiger partial charge in [-0.15, -0.1) is 10.2 Å². The van der Waals surface area contributed by atoms with Crippen LogP contribution in [-0.2, 0) is 6.54 Å². The van der Waals surface area contributed by atoms with Crippen molar-refractivity contribution in [2.45, 2.75) is 33.4 Å². The number of carbonyl (C=O) groups is 1. The molecule has 0 fully saturated rings. The van der Waals surface area contributed by atoms with Gasteiger partial charge in [0, 0.05) is 32.2 Å². The summed E-state index contributed by atoms with van der Waals surface area (Å²) >= 11 is 0. The van der Waals surface area contributed by atoms with E-state index in [4.69, 9.17) is 4.98 Å². The van der Waals surface area contributed by atoms with E-state index in [1.165, 1.54) is 0 Å². The van der Waals surface area contributed by atoms with Crippen molar-refractivity contribution < 1.29 is 4.79 Å². The molecular formula is C21H26N8O. The fourth-order valence-electron chi connectivity index (χ4n) is 3.54. The number of hydrogen-bond acceptors (Lipinski definition) is 7. The minimum Gasteiger partial charge on any atom is -0.373 e. The fraction of sp³-hybridized carbons (Fsp3) is 0.381. The van der Waals surface area contributed by atoms with Crippen molar-refractivity contribution in [3.8, 4) is 11.5 Å². The zero-order valence-corrected chi connectivity index (χ0v) is 17.9. The van der Waals surface area contributed by atoms with Crippen LogP contribution in [0.4, 0.5) is 17.5 Å². The summed E-state index contributed by atoms with van der Waals surface area (Å²) < 4.78 is 1.96. The molecular weight excluding hydrogens is 380 g/mol. The average Bonchev–Trinajstić information content (AvgIpc) is 3.38. The summed E-state index contributed by atoms with van der Waals surface area (Å²) in [6, 6.07) is 7.68. The van der Waals surface area contributed by atoms with Crippen molar-refractivity contribution in [3.63, 3.8) is 0 Å². The van der Waals surface area contributed by atoms with Gasteiger partial charge in [-0.1, -0.05) is 6.07 Å². The first-order valence-corrected chi connectivity index (χ1v) is 10.1. The molecule has 0 atom stereocenters. The summed E-state index contributed by atoms with van der Waals surface area (Å²) in [5.41, 5.74) is 2.22. The second-order valence-electron chi connectivity index (χ2n) is 7.55. The van der Waals surface area contributed by atoms with Crippen LogP contribution in [0.5, 0.6) is 0 Å². The molecule has 9 heteroatoms. The molecule has 3 aromatic heterocycles.